The molecule has 0 aliphatic heterocycles. The standard InChI is InChI=1S/C17H15N3O2/c1-12-3-6-15(11-13(12)2)19-17(9-10-18)14-4-7-16(8-5-14)20(21)22/h3-9,11,19H,1-2H3. The molecule has 5 heteroatoms. The van der Waals surface area contributed by atoms with Gasteiger partial charge in [-0.2, -0.15) is 5.26 Å². The predicted octanol–water partition coefficient (Wildman–Crippen LogP) is 4.19. The van der Waals surface area contributed by atoms with Gasteiger partial charge in [0.2, 0.25) is 0 Å². The highest BCUT2D eigenvalue weighted by Gasteiger charge is 2.07. The van der Waals surface area contributed by atoms with Gasteiger partial charge in [-0.25, -0.2) is 0 Å². The molecule has 0 bridgehead atoms. The summed E-state index contributed by atoms with van der Waals surface area (Å²) in [6.45, 7) is 4.04. The highest BCUT2D eigenvalue weighted by molar-refractivity contribution is 5.78. The molecule has 0 saturated heterocycles. The van der Waals surface area contributed by atoms with Crippen LogP contribution in [-0.2, 0) is 0 Å². The number of allylic oxidation sites excluding steroid dienone is 1. The average Bonchev–Trinajstić information content (AvgIpc) is 2.50. The van der Waals surface area contributed by atoms with E-state index in [1.165, 1.54) is 23.8 Å². The first-order valence-corrected chi connectivity index (χ1v) is 6.70. The van der Waals surface area contributed by atoms with Crippen LogP contribution in [0.4, 0.5) is 11.4 Å². The van der Waals surface area contributed by atoms with Gasteiger partial charge in [-0.15, -0.1) is 0 Å². The van der Waals surface area contributed by atoms with E-state index in [0.29, 0.717) is 11.3 Å². The number of nitriles is 1. The first-order valence-electron chi connectivity index (χ1n) is 6.70. The van der Waals surface area contributed by atoms with E-state index in [1.807, 2.05) is 38.1 Å². The molecule has 2 rings (SSSR count). The Morgan fingerprint density at radius 2 is 1.86 bits per heavy atom. The summed E-state index contributed by atoms with van der Waals surface area (Å²) in [5.41, 5.74) is 4.52. The van der Waals surface area contributed by atoms with Gasteiger partial charge >= 0.3 is 0 Å². The monoisotopic (exact) mass is 293 g/mol. The predicted molar refractivity (Wildman–Crippen MR) is 86.2 cm³/mol. The summed E-state index contributed by atoms with van der Waals surface area (Å²) in [7, 11) is 0. The molecule has 0 heterocycles. The lowest BCUT2D eigenvalue weighted by atomic mass is 10.1. The molecule has 0 atom stereocenters. The molecule has 0 aromatic heterocycles. The average molecular weight is 293 g/mol. The molecule has 0 radical (unpaired) electrons. The van der Waals surface area contributed by atoms with Crippen LogP contribution in [0.5, 0.6) is 0 Å². The molecule has 0 spiro atoms. The Hall–Kier alpha value is -3.13. The molecular weight excluding hydrogens is 278 g/mol. The molecular formula is C17H15N3O2. The lowest BCUT2D eigenvalue weighted by Gasteiger charge is -2.12. The minimum absolute atomic E-state index is 0.0197. The Kier molecular flexibility index (Phi) is 4.54. The topological polar surface area (TPSA) is 79.0 Å². The van der Waals surface area contributed by atoms with Crippen molar-refractivity contribution in [2.45, 2.75) is 13.8 Å². The summed E-state index contributed by atoms with van der Waals surface area (Å²) in [6.07, 6.45) is 1.39. The maximum Gasteiger partial charge on any atom is 0.269 e. The largest absolute Gasteiger partial charge is 0.354 e. The van der Waals surface area contributed by atoms with E-state index in [4.69, 9.17) is 5.26 Å². The molecule has 0 aliphatic rings. The number of benzene rings is 2. The van der Waals surface area contributed by atoms with Crippen LogP contribution in [0.1, 0.15) is 16.7 Å². The van der Waals surface area contributed by atoms with Gasteiger partial charge < -0.3 is 5.32 Å². The van der Waals surface area contributed by atoms with Gasteiger partial charge in [0, 0.05) is 23.9 Å². The van der Waals surface area contributed by atoms with E-state index >= 15 is 0 Å². The van der Waals surface area contributed by atoms with Crippen molar-refractivity contribution in [3.8, 4) is 6.07 Å². The Bertz CT molecular complexity index is 771. The zero-order valence-electron chi connectivity index (χ0n) is 12.3. The quantitative estimate of drug-likeness (QED) is 0.521. The summed E-state index contributed by atoms with van der Waals surface area (Å²) in [4.78, 5) is 10.2. The van der Waals surface area contributed by atoms with Crippen molar-refractivity contribution in [2.75, 3.05) is 5.32 Å². The zero-order chi connectivity index (χ0) is 16.1. The van der Waals surface area contributed by atoms with Crippen molar-refractivity contribution in [1.82, 2.24) is 0 Å². The number of nitrogens with one attached hydrogen (secondary N) is 1. The van der Waals surface area contributed by atoms with E-state index in [2.05, 4.69) is 5.32 Å². The highest BCUT2D eigenvalue weighted by atomic mass is 16.6. The van der Waals surface area contributed by atoms with Crippen LogP contribution in [0.15, 0.2) is 48.5 Å². The zero-order valence-corrected chi connectivity index (χ0v) is 12.3. The minimum atomic E-state index is -0.450. The third-order valence-electron chi connectivity index (χ3n) is 3.38. The molecule has 110 valence electrons. The van der Waals surface area contributed by atoms with Gasteiger partial charge in [-0.1, -0.05) is 6.07 Å². The summed E-state index contributed by atoms with van der Waals surface area (Å²) in [6, 6.07) is 14.0. The number of nitrogens with zero attached hydrogens (tertiary/aromatic N) is 2. The van der Waals surface area contributed by atoms with Crippen LogP contribution in [0.3, 0.4) is 0 Å². The first-order chi connectivity index (χ1) is 10.5. The van der Waals surface area contributed by atoms with Crippen molar-refractivity contribution < 1.29 is 4.92 Å². The molecule has 5 nitrogen and oxygen atoms in total. The van der Waals surface area contributed by atoms with E-state index < -0.39 is 4.92 Å². The van der Waals surface area contributed by atoms with Crippen LogP contribution in [0.2, 0.25) is 0 Å². The molecule has 2 aromatic carbocycles. The van der Waals surface area contributed by atoms with Crippen LogP contribution in [0, 0.1) is 35.3 Å². The summed E-state index contributed by atoms with van der Waals surface area (Å²) >= 11 is 0. The van der Waals surface area contributed by atoms with Crippen LogP contribution in [-0.4, -0.2) is 4.92 Å². The molecule has 0 aliphatic carbocycles. The van der Waals surface area contributed by atoms with Crippen LogP contribution >= 0.6 is 0 Å². The second-order valence-corrected chi connectivity index (χ2v) is 4.92. The number of hydrogen-bond donors (Lipinski definition) is 1. The van der Waals surface area contributed by atoms with Crippen molar-refractivity contribution >= 4 is 17.1 Å². The van der Waals surface area contributed by atoms with Crippen molar-refractivity contribution in [3.05, 3.63) is 75.3 Å². The summed E-state index contributed by atoms with van der Waals surface area (Å²) in [5, 5.41) is 22.8. The number of nitro groups is 1. The fraction of sp³-hybridized carbons (Fsp3) is 0.118. The lowest BCUT2D eigenvalue weighted by Crippen LogP contribution is -2.00. The van der Waals surface area contributed by atoms with E-state index in [9.17, 15) is 10.1 Å². The van der Waals surface area contributed by atoms with Crippen LogP contribution in [0.25, 0.3) is 5.70 Å². The Balaban J connectivity index is 2.31. The van der Waals surface area contributed by atoms with E-state index in [0.717, 1.165) is 11.3 Å². The maximum absolute atomic E-state index is 10.7. The number of anilines is 1. The molecule has 0 unspecified atom stereocenters. The van der Waals surface area contributed by atoms with Crippen LogP contribution < -0.4 is 5.32 Å². The molecule has 0 fully saturated rings. The molecule has 2 aromatic rings. The second-order valence-electron chi connectivity index (χ2n) is 4.92. The first kappa shape index (κ1) is 15.3. The van der Waals surface area contributed by atoms with Gasteiger partial charge in [0.05, 0.1) is 16.7 Å². The van der Waals surface area contributed by atoms with Gasteiger partial charge in [0.1, 0.15) is 0 Å². The number of rotatable bonds is 4. The number of hydrogen-bond acceptors (Lipinski definition) is 4. The Morgan fingerprint density at radius 1 is 1.18 bits per heavy atom. The molecule has 1 N–H and O–H groups in total. The molecule has 0 saturated carbocycles. The van der Waals surface area contributed by atoms with Gasteiger partial charge in [0.15, 0.2) is 0 Å². The normalized spacial score (nSPS) is 10.9. The van der Waals surface area contributed by atoms with E-state index in [1.54, 1.807) is 12.1 Å². The van der Waals surface area contributed by atoms with Gasteiger partial charge in [-0.3, -0.25) is 10.1 Å². The number of aryl methyl sites for hydroxylation is 2. The van der Waals surface area contributed by atoms with Crippen molar-refractivity contribution in [2.24, 2.45) is 0 Å². The summed E-state index contributed by atoms with van der Waals surface area (Å²) in [5.74, 6) is 0. The highest BCUT2D eigenvalue weighted by Crippen LogP contribution is 2.22. The smallest absolute Gasteiger partial charge is 0.269 e. The lowest BCUT2D eigenvalue weighted by molar-refractivity contribution is -0.384. The van der Waals surface area contributed by atoms with Crippen molar-refractivity contribution in [1.29, 1.82) is 5.26 Å². The second kappa shape index (κ2) is 6.55. The Morgan fingerprint density at radius 3 is 2.41 bits per heavy atom. The SMILES string of the molecule is Cc1ccc(NC(=CC#N)c2ccc([N+](=O)[O-])cc2)cc1C. The van der Waals surface area contributed by atoms with E-state index in [-0.39, 0.29) is 5.69 Å². The maximum atomic E-state index is 10.7. The molecule has 22 heavy (non-hydrogen) atoms. The van der Waals surface area contributed by atoms with Crippen molar-refractivity contribution in [3.63, 3.8) is 0 Å². The minimum Gasteiger partial charge on any atom is -0.354 e. The Labute approximate surface area is 128 Å². The third kappa shape index (κ3) is 3.49. The van der Waals surface area contributed by atoms with Gasteiger partial charge in [-0.05, 0) is 54.8 Å². The fourth-order valence-corrected chi connectivity index (χ4v) is 1.99. The fourth-order valence-electron chi connectivity index (χ4n) is 1.99. The number of nitro benzene ring substituents is 1. The summed E-state index contributed by atoms with van der Waals surface area (Å²) < 4.78 is 0. The molecule has 0 amide bonds. The number of non-ortho nitro benzene ring substituents is 1. The van der Waals surface area contributed by atoms with Gasteiger partial charge in [0.25, 0.3) is 5.69 Å². The third-order valence-corrected chi connectivity index (χ3v) is 3.38.